The third-order valence-corrected chi connectivity index (χ3v) is 7.68. The number of allylic oxidation sites excluding steroid dienone is 2. The van der Waals surface area contributed by atoms with Gasteiger partial charge in [-0.25, -0.2) is 0 Å². The van der Waals surface area contributed by atoms with Crippen molar-refractivity contribution in [3.05, 3.63) is 12.2 Å². The molecule has 0 fully saturated rings. The Morgan fingerprint density at radius 3 is 1.02 bits per heavy atom. The van der Waals surface area contributed by atoms with Crippen LogP contribution in [-0.4, -0.2) is 17.0 Å². The molecule has 4 heteroatoms. The van der Waals surface area contributed by atoms with Crippen LogP contribution >= 0.6 is 0 Å². The molecule has 40 heavy (non-hydrogen) atoms. The normalized spacial score (nSPS) is 11.1. The summed E-state index contributed by atoms with van der Waals surface area (Å²) in [6.45, 7) is 4.53. The molecule has 238 valence electrons. The number of primary amides is 1. The maximum Gasteiger partial charge on any atom is 0.303 e. The van der Waals surface area contributed by atoms with Gasteiger partial charge in [0.2, 0.25) is 5.91 Å². The molecule has 0 atom stereocenters. The molecule has 0 unspecified atom stereocenters. The molecule has 0 bridgehead atoms. The van der Waals surface area contributed by atoms with E-state index in [2.05, 4.69) is 26.0 Å². The lowest BCUT2D eigenvalue weighted by atomic mass is 10.0. The van der Waals surface area contributed by atoms with Crippen molar-refractivity contribution in [1.82, 2.24) is 0 Å². The second-order valence-electron chi connectivity index (χ2n) is 11.9. The molecule has 0 rings (SSSR count). The van der Waals surface area contributed by atoms with Crippen molar-refractivity contribution in [3.8, 4) is 0 Å². The topological polar surface area (TPSA) is 80.4 Å². The molecule has 0 aromatic carbocycles. The van der Waals surface area contributed by atoms with E-state index in [4.69, 9.17) is 10.8 Å². The Morgan fingerprint density at radius 2 is 0.725 bits per heavy atom. The zero-order chi connectivity index (χ0) is 29.8. The van der Waals surface area contributed by atoms with E-state index in [-0.39, 0.29) is 5.91 Å². The molecule has 0 radical (unpaired) electrons. The zero-order valence-corrected chi connectivity index (χ0v) is 27.2. The fourth-order valence-electron chi connectivity index (χ4n) is 5.02. The molecule has 4 nitrogen and oxygen atoms in total. The number of carbonyl (C=O) groups excluding carboxylic acids is 1. The van der Waals surface area contributed by atoms with Gasteiger partial charge >= 0.3 is 5.97 Å². The molecular weight excluding hydrogens is 494 g/mol. The molecule has 0 saturated heterocycles. The molecule has 0 saturated carbocycles. The lowest BCUT2D eigenvalue weighted by molar-refractivity contribution is -0.137. The fraction of sp³-hybridized carbons (Fsp3) is 0.889. The molecule has 0 heterocycles. The Labute approximate surface area is 250 Å². The maximum atomic E-state index is 10.5. The standard InChI is InChI=1S/C18H35NO.C18H36O2/c2*1-2-3-4-5-6-7-8-9-10-11-12-13-14-15-16-17-18(19)20/h9-10H,2-8,11-17H2,1H3,(H2,19,20);2-17H2,1H3,(H,19,20)/b10-9-;. The Balaban J connectivity index is 0. The van der Waals surface area contributed by atoms with Crippen LogP contribution in [0.2, 0.25) is 0 Å². The van der Waals surface area contributed by atoms with Gasteiger partial charge in [-0.15, -0.1) is 0 Å². The fourth-order valence-corrected chi connectivity index (χ4v) is 5.02. The zero-order valence-electron chi connectivity index (χ0n) is 27.2. The highest BCUT2D eigenvalue weighted by atomic mass is 16.4. The number of amides is 1. The smallest absolute Gasteiger partial charge is 0.303 e. The monoisotopic (exact) mass is 566 g/mol. The molecule has 0 aromatic rings. The SMILES string of the molecule is CCCCCCCC/C=C\CCCCCCCC(N)=O.CCCCCCCCCCCCCCCCCC(=O)O. The van der Waals surface area contributed by atoms with Crippen LogP contribution in [0, 0.1) is 0 Å². The van der Waals surface area contributed by atoms with E-state index in [9.17, 15) is 9.59 Å². The third-order valence-electron chi connectivity index (χ3n) is 7.68. The number of unbranched alkanes of at least 4 members (excludes halogenated alkanes) is 25. The van der Waals surface area contributed by atoms with Gasteiger partial charge < -0.3 is 10.8 Å². The Kier molecular flexibility index (Phi) is 38.5. The number of carboxylic acid groups (broad SMARTS) is 1. The summed E-state index contributed by atoms with van der Waals surface area (Å²) in [6, 6.07) is 0. The quantitative estimate of drug-likeness (QED) is 0.0648. The van der Waals surface area contributed by atoms with Crippen LogP contribution in [0.15, 0.2) is 12.2 Å². The first-order chi connectivity index (χ1) is 19.5. The summed E-state index contributed by atoms with van der Waals surface area (Å²) in [6.07, 6.45) is 42.1. The Hall–Kier alpha value is -1.32. The first-order valence-corrected chi connectivity index (χ1v) is 17.7. The van der Waals surface area contributed by atoms with Gasteiger partial charge in [0.05, 0.1) is 0 Å². The average Bonchev–Trinajstić information content (AvgIpc) is 2.93. The van der Waals surface area contributed by atoms with Crippen LogP contribution in [-0.2, 0) is 9.59 Å². The predicted octanol–water partition coefficient (Wildman–Crippen LogP) is 11.8. The average molecular weight is 566 g/mol. The summed E-state index contributed by atoms with van der Waals surface area (Å²) in [4.78, 5) is 20.9. The van der Waals surface area contributed by atoms with E-state index < -0.39 is 5.97 Å². The number of aliphatic carboxylic acids is 1. The van der Waals surface area contributed by atoms with E-state index >= 15 is 0 Å². The van der Waals surface area contributed by atoms with Gasteiger partial charge in [-0.3, -0.25) is 9.59 Å². The number of nitrogens with two attached hydrogens (primary N) is 1. The number of hydrogen-bond acceptors (Lipinski definition) is 2. The van der Waals surface area contributed by atoms with Gasteiger partial charge in [-0.05, 0) is 38.5 Å². The molecule has 3 N–H and O–H groups in total. The molecule has 0 aliphatic heterocycles. The minimum absolute atomic E-state index is 0.164. The van der Waals surface area contributed by atoms with Gasteiger partial charge in [-0.1, -0.05) is 167 Å². The van der Waals surface area contributed by atoms with Gasteiger partial charge in [0.15, 0.2) is 0 Å². The van der Waals surface area contributed by atoms with Gasteiger partial charge in [0, 0.05) is 12.8 Å². The number of hydrogen-bond donors (Lipinski definition) is 2. The van der Waals surface area contributed by atoms with Crippen molar-refractivity contribution in [2.24, 2.45) is 5.73 Å². The van der Waals surface area contributed by atoms with Gasteiger partial charge in [0.25, 0.3) is 0 Å². The van der Waals surface area contributed by atoms with Crippen LogP contribution in [0.5, 0.6) is 0 Å². The predicted molar refractivity (Wildman–Crippen MR) is 176 cm³/mol. The maximum absolute atomic E-state index is 10.5. The molecule has 1 amide bonds. The Morgan fingerprint density at radius 1 is 0.450 bits per heavy atom. The Bertz CT molecular complexity index is 532. The van der Waals surface area contributed by atoms with Gasteiger partial charge in [-0.2, -0.15) is 0 Å². The largest absolute Gasteiger partial charge is 0.481 e. The molecule has 0 aromatic heterocycles. The highest BCUT2D eigenvalue weighted by Gasteiger charge is 1.97. The van der Waals surface area contributed by atoms with Crippen molar-refractivity contribution in [2.45, 2.75) is 206 Å². The molecule has 0 aliphatic rings. The first kappa shape index (κ1) is 40.8. The molecule has 0 spiro atoms. The molecular formula is C36H71NO3. The van der Waals surface area contributed by atoms with Crippen molar-refractivity contribution in [2.75, 3.05) is 0 Å². The molecule has 0 aliphatic carbocycles. The van der Waals surface area contributed by atoms with E-state index in [0.717, 1.165) is 25.7 Å². The first-order valence-electron chi connectivity index (χ1n) is 17.7. The third kappa shape index (κ3) is 43.7. The highest BCUT2D eigenvalue weighted by Crippen LogP contribution is 2.14. The van der Waals surface area contributed by atoms with Crippen LogP contribution in [0.3, 0.4) is 0 Å². The van der Waals surface area contributed by atoms with Crippen molar-refractivity contribution < 1.29 is 14.7 Å². The van der Waals surface area contributed by atoms with Crippen molar-refractivity contribution in [3.63, 3.8) is 0 Å². The van der Waals surface area contributed by atoms with Gasteiger partial charge in [0.1, 0.15) is 0 Å². The van der Waals surface area contributed by atoms with Crippen LogP contribution in [0.1, 0.15) is 206 Å². The lowest BCUT2D eigenvalue weighted by Crippen LogP contribution is -2.09. The summed E-state index contributed by atoms with van der Waals surface area (Å²) in [5, 5.41) is 8.52. The van der Waals surface area contributed by atoms with E-state index in [0.29, 0.717) is 12.8 Å². The summed E-state index contributed by atoms with van der Waals surface area (Å²) in [5.41, 5.74) is 5.10. The second-order valence-corrected chi connectivity index (χ2v) is 11.9. The highest BCUT2D eigenvalue weighted by molar-refractivity contribution is 5.73. The van der Waals surface area contributed by atoms with Crippen LogP contribution in [0.25, 0.3) is 0 Å². The minimum Gasteiger partial charge on any atom is -0.481 e. The number of carboxylic acids is 1. The van der Waals surface area contributed by atoms with Crippen molar-refractivity contribution >= 4 is 11.9 Å². The number of rotatable bonds is 31. The summed E-state index contributed by atoms with van der Waals surface area (Å²) >= 11 is 0. The van der Waals surface area contributed by atoms with E-state index in [1.165, 1.54) is 154 Å². The second kappa shape index (κ2) is 37.7. The van der Waals surface area contributed by atoms with Crippen LogP contribution < -0.4 is 5.73 Å². The minimum atomic E-state index is -0.653. The lowest BCUT2D eigenvalue weighted by Gasteiger charge is -2.03. The van der Waals surface area contributed by atoms with Crippen LogP contribution in [0.4, 0.5) is 0 Å². The number of carbonyl (C=O) groups is 2. The summed E-state index contributed by atoms with van der Waals surface area (Å²) < 4.78 is 0. The van der Waals surface area contributed by atoms with E-state index in [1.54, 1.807) is 0 Å². The van der Waals surface area contributed by atoms with E-state index in [1.807, 2.05) is 0 Å². The van der Waals surface area contributed by atoms with Crippen molar-refractivity contribution in [1.29, 1.82) is 0 Å². The summed E-state index contributed by atoms with van der Waals surface area (Å²) in [7, 11) is 0. The summed E-state index contributed by atoms with van der Waals surface area (Å²) in [5.74, 6) is -0.817.